The maximum Gasteiger partial charge on any atom is 0.242 e. The predicted octanol–water partition coefficient (Wildman–Crippen LogP) is 3.66. The summed E-state index contributed by atoms with van der Waals surface area (Å²) in [6.07, 6.45) is 2.51. The fraction of sp³-hybridized carbons (Fsp3) is 0.462. The molecule has 0 aliphatic carbocycles. The van der Waals surface area contributed by atoms with Gasteiger partial charge in [-0.2, -0.15) is 0 Å². The van der Waals surface area contributed by atoms with Crippen LogP contribution in [0.4, 0.5) is 5.69 Å². The SMILES string of the molecule is CCNC(=O)C(C)N(Cc1cccc(C)c1)C(=O)CCCN(c1ccc(CC)cc1)S(C)(=O)=O. The number of nitrogens with zero attached hydrogens (tertiary/aromatic N) is 2. The van der Waals surface area contributed by atoms with E-state index in [0.29, 0.717) is 25.2 Å². The van der Waals surface area contributed by atoms with Crippen LogP contribution in [0.15, 0.2) is 48.5 Å². The van der Waals surface area contributed by atoms with E-state index in [2.05, 4.69) is 5.32 Å². The third kappa shape index (κ3) is 7.87. The zero-order valence-corrected chi connectivity index (χ0v) is 21.7. The fourth-order valence-electron chi connectivity index (χ4n) is 3.81. The van der Waals surface area contributed by atoms with Gasteiger partial charge >= 0.3 is 0 Å². The van der Waals surface area contributed by atoms with Crippen molar-refractivity contribution in [3.63, 3.8) is 0 Å². The van der Waals surface area contributed by atoms with Crippen molar-refractivity contribution in [1.82, 2.24) is 10.2 Å². The highest BCUT2D eigenvalue weighted by Crippen LogP contribution is 2.20. The monoisotopic (exact) mass is 487 g/mol. The second-order valence-corrected chi connectivity index (χ2v) is 10.4. The first kappa shape index (κ1) is 27.4. The van der Waals surface area contributed by atoms with Crippen LogP contribution in [0.3, 0.4) is 0 Å². The number of carbonyl (C=O) groups is 2. The zero-order chi connectivity index (χ0) is 25.3. The van der Waals surface area contributed by atoms with Crippen LogP contribution in [-0.2, 0) is 32.6 Å². The predicted molar refractivity (Wildman–Crippen MR) is 137 cm³/mol. The van der Waals surface area contributed by atoms with E-state index in [0.717, 1.165) is 23.1 Å². The largest absolute Gasteiger partial charge is 0.355 e. The summed E-state index contributed by atoms with van der Waals surface area (Å²) in [4.78, 5) is 27.3. The lowest BCUT2D eigenvalue weighted by Crippen LogP contribution is -2.47. The Morgan fingerprint density at radius 3 is 2.26 bits per heavy atom. The van der Waals surface area contributed by atoms with Gasteiger partial charge in [0.1, 0.15) is 6.04 Å². The molecular formula is C26H37N3O4S. The first-order valence-electron chi connectivity index (χ1n) is 11.8. The number of likely N-dealkylation sites (N-methyl/N-ethyl adjacent to an activating group) is 1. The molecule has 0 bridgehead atoms. The standard InChI is InChI=1S/C26H37N3O4S/c1-6-22-13-15-24(16-14-22)29(34(5,32)33)17-9-12-25(30)28(21(4)26(31)27-7-2)19-23-11-8-10-20(3)18-23/h8,10-11,13-16,18,21H,6-7,9,12,17,19H2,1-5H3,(H,27,31). The van der Waals surface area contributed by atoms with Gasteiger partial charge in [0.25, 0.3) is 0 Å². The number of carbonyl (C=O) groups excluding carboxylic acids is 2. The number of benzene rings is 2. The zero-order valence-electron chi connectivity index (χ0n) is 20.9. The Balaban J connectivity index is 2.14. The van der Waals surface area contributed by atoms with Gasteiger partial charge in [0, 0.05) is 26.1 Å². The van der Waals surface area contributed by atoms with Crippen molar-refractivity contribution >= 4 is 27.5 Å². The molecule has 7 nitrogen and oxygen atoms in total. The Bertz CT molecular complexity index is 1070. The van der Waals surface area contributed by atoms with Crippen molar-refractivity contribution in [3.8, 4) is 0 Å². The molecule has 0 aromatic heterocycles. The van der Waals surface area contributed by atoms with Crippen molar-refractivity contribution < 1.29 is 18.0 Å². The topological polar surface area (TPSA) is 86.8 Å². The number of sulfonamides is 1. The van der Waals surface area contributed by atoms with Gasteiger partial charge in [-0.3, -0.25) is 13.9 Å². The highest BCUT2D eigenvalue weighted by atomic mass is 32.2. The van der Waals surface area contributed by atoms with Crippen LogP contribution in [0.2, 0.25) is 0 Å². The minimum Gasteiger partial charge on any atom is -0.355 e. The van der Waals surface area contributed by atoms with Crippen LogP contribution in [0.25, 0.3) is 0 Å². The van der Waals surface area contributed by atoms with Gasteiger partial charge in [-0.25, -0.2) is 8.42 Å². The van der Waals surface area contributed by atoms with E-state index in [-0.39, 0.29) is 24.8 Å². The smallest absolute Gasteiger partial charge is 0.242 e. The molecule has 8 heteroatoms. The summed E-state index contributed by atoms with van der Waals surface area (Å²) in [7, 11) is -3.50. The summed E-state index contributed by atoms with van der Waals surface area (Å²) in [6, 6.07) is 14.6. The van der Waals surface area contributed by atoms with Crippen molar-refractivity contribution in [1.29, 1.82) is 0 Å². The molecule has 0 aliphatic rings. The Labute approximate surface area is 204 Å². The molecule has 2 aromatic rings. The molecule has 0 saturated heterocycles. The minimum atomic E-state index is -3.50. The molecule has 0 saturated carbocycles. The average Bonchev–Trinajstić information content (AvgIpc) is 2.79. The minimum absolute atomic E-state index is 0.134. The van der Waals surface area contributed by atoms with E-state index >= 15 is 0 Å². The Hall–Kier alpha value is -2.87. The van der Waals surface area contributed by atoms with E-state index in [9.17, 15) is 18.0 Å². The molecule has 1 unspecified atom stereocenters. The lowest BCUT2D eigenvalue weighted by atomic mass is 10.1. The van der Waals surface area contributed by atoms with E-state index in [1.807, 2.05) is 57.2 Å². The van der Waals surface area contributed by atoms with Gasteiger partial charge in [0.05, 0.1) is 11.9 Å². The molecular weight excluding hydrogens is 450 g/mol. The normalized spacial score (nSPS) is 12.1. The van der Waals surface area contributed by atoms with Crippen LogP contribution in [0.5, 0.6) is 0 Å². The van der Waals surface area contributed by atoms with Crippen LogP contribution in [-0.4, -0.2) is 50.5 Å². The Kier molecular flexibility index (Phi) is 10.1. The van der Waals surface area contributed by atoms with Gasteiger partial charge in [-0.05, 0) is 56.9 Å². The first-order valence-corrected chi connectivity index (χ1v) is 13.6. The lowest BCUT2D eigenvalue weighted by molar-refractivity contribution is -0.140. The molecule has 2 amide bonds. The molecule has 1 N–H and O–H groups in total. The van der Waals surface area contributed by atoms with E-state index in [1.54, 1.807) is 24.0 Å². The Morgan fingerprint density at radius 1 is 1.03 bits per heavy atom. The van der Waals surface area contributed by atoms with E-state index < -0.39 is 16.1 Å². The maximum atomic E-state index is 13.2. The first-order chi connectivity index (χ1) is 16.1. The third-order valence-corrected chi connectivity index (χ3v) is 6.93. The lowest BCUT2D eigenvalue weighted by Gasteiger charge is -2.29. The van der Waals surface area contributed by atoms with E-state index in [1.165, 1.54) is 10.6 Å². The average molecular weight is 488 g/mol. The molecule has 2 rings (SSSR count). The molecule has 0 aliphatic heterocycles. The molecule has 1 atom stereocenters. The quantitative estimate of drug-likeness (QED) is 0.495. The number of rotatable bonds is 12. The van der Waals surface area contributed by atoms with Crippen molar-refractivity contribution in [3.05, 3.63) is 65.2 Å². The van der Waals surface area contributed by atoms with Crippen LogP contribution in [0, 0.1) is 6.92 Å². The molecule has 0 heterocycles. The third-order valence-electron chi connectivity index (χ3n) is 5.74. The van der Waals surface area contributed by atoms with Gasteiger partial charge in [-0.1, -0.05) is 48.9 Å². The Morgan fingerprint density at radius 2 is 1.71 bits per heavy atom. The summed E-state index contributed by atoms with van der Waals surface area (Å²) >= 11 is 0. The fourth-order valence-corrected chi connectivity index (χ4v) is 4.78. The molecule has 186 valence electrons. The van der Waals surface area contributed by atoms with Crippen LogP contribution in [0.1, 0.15) is 50.3 Å². The second kappa shape index (κ2) is 12.6. The van der Waals surface area contributed by atoms with Gasteiger partial charge in [-0.15, -0.1) is 0 Å². The summed E-state index contributed by atoms with van der Waals surface area (Å²) < 4.78 is 26.2. The molecule has 34 heavy (non-hydrogen) atoms. The number of aryl methyl sites for hydroxylation is 2. The van der Waals surface area contributed by atoms with Crippen molar-refractivity contribution in [2.24, 2.45) is 0 Å². The summed E-state index contributed by atoms with van der Waals surface area (Å²) in [5.74, 6) is -0.396. The highest BCUT2D eigenvalue weighted by molar-refractivity contribution is 7.92. The van der Waals surface area contributed by atoms with Crippen molar-refractivity contribution in [2.45, 2.75) is 59.5 Å². The number of hydrogen-bond donors (Lipinski definition) is 1. The van der Waals surface area contributed by atoms with Crippen LogP contribution < -0.4 is 9.62 Å². The number of nitrogens with one attached hydrogen (secondary N) is 1. The molecule has 0 fully saturated rings. The highest BCUT2D eigenvalue weighted by Gasteiger charge is 2.26. The molecule has 0 spiro atoms. The van der Waals surface area contributed by atoms with Gasteiger partial charge in [0.15, 0.2) is 0 Å². The van der Waals surface area contributed by atoms with Gasteiger partial charge < -0.3 is 10.2 Å². The summed E-state index contributed by atoms with van der Waals surface area (Å²) in [6.45, 7) is 8.56. The van der Waals surface area contributed by atoms with Crippen LogP contribution >= 0.6 is 0 Å². The van der Waals surface area contributed by atoms with E-state index in [4.69, 9.17) is 0 Å². The molecule has 2 aromatic carbocycles. The summed E-state index contributed by atoms with van der Waals surface area (Å²) in [5.41, 5.74) is 3.73. The van der Waals surface area contributed by atoms with Crippen molar-refractivity contribution in [2.75, 3.05) is 23.7 Å². The number of anilines is 1. The number of hydrogen-bond acceptors (Lipinski definition) is 4. The summed E-state index contributed by atoms with van der Waals surface area (Å²) in [5, 5.41) is 2.78. The van der Waals surface area contributed by atoms with Gasteiger partial charge in [0.2, 0.25) is 21.8 Å². The number of amides is 2. The second-order valence-electron chi connectivity index (χ2n) is 8.54. The maximum absolute atomic E-state index is 13.2. The molecule has 0 radical (unpaired) electrons.